The number of rotatable bonds is 3. The normalized spacial score (nSPS) is 16.2. The highest BCUT2D eigenvalue weighted by Gasteiger charge is 2.22. The lowest BCUT2D eigenvalue weighted by Crippen LogP contribution is -2.31. The van der Waals surface area contributed by atoms with Crippen molar-refractivity contribution >= 4 is 44.3 Å². The van der Waals surface area contributed by atoms with E-state index < -0.39 is 0 Å². The Hall–Kier alpha value is -0.950. The number of halogens is 3. The first kappa shape index (κ1) is 19.4. The van der Waals surface area contributed by atoms with Crippen molar-refractivity contribution in [3.63, 3.8) is 0 Å². The van der Waals surface area contributed by atoms with E-state index in [-0.39, 0.29) is 29.9 Å². The third kappa shape index (κ3) is 3.82. The van der Waals surface area contributed by atoms with Gasteiger partial charge in [0.15, 0.2) is 11.5 Å². The van der Waals surface area contributed by atoms with E-state index >= 15 is 0 Å². The summed E-state index contributed by atoms with van der Waals surface area (Å²) < 4.78 is 7.13. The Kier molecular flexibility index (Phi) is 6.42. The molecule has 2 aromatic carbocycles. The summed E-state index contributed by atoms with van der Waals surface area (Å²) in [6, 6.07) is 7.50. The molecule has 1 heterocycles. The van der Waals surface area contributed by atoms with Crippen LogP contribution in [0.2, 0.25) is 0 Å². The first-order valence-electron chi connectivity index (χ1n) is 7.29. The Morgan fingerprint density at radius 3 is 2.38 bits per heavy atom. The van der Waals surface area contributed by atoms with Crippen molar-refractivity contribution in [2.24, 2.45) is 0 Å². The molecule has 0 aliphatic carbocycles. The standard InChI is InChI=1S/C17H17Br2NO3.ClH/c1-23-17-12(18)4-9(5-13(17)19)6-14-11-8-16(22)15(21)7-10(11)2-3-20-14;/h4-5,7-8,14,20-22H,2-3,6H2,1H3;1H/t14-;/m1./s1. The fourth-order valence-electron chi connectivity index (χ4n) is 3.01. The van der Waals surface area contributed by atoms with Gasteiger partial charge in [-0.25, -0.2) is 0 Å². The average Bonchev–Trinajstić information content (AvgIpc) is 2.49. The molecule has 0 saturated carbocycles. The van der Waals surface area contributed by atoms with Gasteiger partial charge in [-0.05, 0) is 92.2 Å². The molecule has 0 bridgehead atoms. The molecule has 0 radical (unpaired) electrons. The molecule has 0 fully saturated rings. The highest BCUT2D eigenvalue weighted by Crippen LogP contribution is 2.38. The van der Waals surface area contributed by atoms with Crippen LogP contribution in [0.3, 0.4) is 0 Å². The molecular weight excluding hydrogens is 461 g/mol. The van der Waals surface area contributed by atoms with Crippen LogP contribution in [0, 0.1) is 0 Å². The van der Waals surface area contributed by atoms with E-state index in [4.69, 9.17) is 4.74 Å². The van der Waals surface area contributed by atoms with Crippen molar-refractivity contribution in [1.29, 1.82) is 0 Å². The maximum Gasteiger partial charge on any atom is 0.157 e. The van der Waals surface area contributed by atoms with Crippen LogP contribution < -0.4 is 10.1 Å². The molecule has 7 heteroatoms. The number of hydrogen-bond donors (Lipinski definition) is 3. The second-order valence-electron chi connectivity index (χ2n) is 5.59. The molecule has 1 aliphatic heterocycles. The van der Waals surface area contributed by atoms with Crippen LogP contribution in [0.15, 0.2) is 33.2 Å². The third-order valence-electron chi connectivity index (χ3n) is 4.10. The predicted molar refractivity (Wildman–Crippen MR) is 104 cm³/mol. The molecule has 0 amide bonds. The Bertz CT molecular complexity index is 732. The largest absolute Gasteiger partial charge is 0.504 e. The van der Waals surface area contributed by atoms with E-state index in [0.717, 1.165) is 50.8 Å². The molecule has 0 unspecified atom stereocenters. The summed E-state index contributed by atoms with van der Waals surface area (Å²) in [7, 11) is 1.64. The molecule has 3 N–H and O–H groups in total. The Morgan fingerprint density at radius 2 is 1.75 bits per heavy atom. The van der Waals surface area contributed by atoms with Gasteiger partial charge in [0, 0.05) is 6.04 Å². The Labute approximate surface area is 163 Å². The summed E-state index contributed by atoms with van der Waals surface area (Å²) in [5.41, 5.74) is 3.26. The van der Waals surface area contributed by atoms with E-state index in [9.17, 15) is 10.2 Å². The molecule has 1 atom stereocenters. The molecule has 4 nitrogen and oxygen atoms in total. The van der Waals surface area contributed by atoms with E-state index in [1.807, 2.05) is 12.1 Å². The zero-order valence-corrected chi connectivity index (χ0v) is 17.0. The minimum atomic E-state index is -0.0745. The van der Waals surface area contributed by atoms with Gasteiger partial charge in [-0.3, -0.25) is 0 Å². The maximum absolute atomic E-state index is 9.81. The van der Waals surface area contributed by atoms with Gasteiger partial charge in [0.25, 0.3) is 0 Å². The van der Waals surface area contributed by atoms with E-state index in [1.54, 1.807) is 19.2 Å². The number of methoxy groups -OCH3 is 1. The number of phenols is 2. The van der Waals surface area contributed by atoms with Crippen LogP contribution >= 0.6 is 44.3 Å². The molecule has 3 rings (SSSR count). The van der Waals surface area contributed by atoms with Crippen molar-refractivity contribution in [2.75, 3.05) is 13.7 Å². The fourth-order valence-corrected chi connectivity index (χ4v) is 4.62. The maximum atomic E-state index is 9.81. The van der Waals surface area contributed by atoms with Crippen molar-refractivity contribution in [3.8, 4) is 17.2 Å². The molecule has 0 saturated heterocycles. The SMILES string of the molecule is COc1c(Br)cc(C[C@H]2NCCc3cc(O)c(O)cc32)cc1Br.Cl. The summed E-state index contributed by atoms with van der Waals surface area (Å²) in [6.07, 6.45) is 1.62. The van der Waals surface area contributed by atoms with Crippen molar-refractivity contribution < 1.29 is 14.9 Å². The van der Waals surface area contributed by atoms with Crippen LogP contribution in [0.1, 0.15) is 22.7 Å². The van der Waals surface area contributed by atoms with Crippen molar-refractivity contribution in [1.82, 2.24) is 5.32 Å². The lowest BCUT2D eigenvalue weighted by Gasteiger charge is -2.27. The lowest BCUT2D eigenvalue weighted by molar-refractivity contribution is 0.398. The lowest BCUT2D eigenvalue weighted by atomic mass is 9.90. The van der Waals surface area contributed by atoms with Gasteiger partial charge in [-0.15, -0.1) is 12.4 Å². The van der Waals surface area contributed by atoms with Gasteiger partial charge >= 0.3 is 0 Å². The smallest absolute Gasteiger partial charge is 0.157 e. The third-order valence-corrected chi connectivity index (χ3v) is 5.28. The number of nitrogens with one attached hydrogen (secondary N) is 1. The molecule has 24 heavy (non-hydrogen) atoms. The van der Waals surface area contributed by atoms with E-state index in [2.05, 4.69) is 37.2 Å². The zero-order valence-electron chi connectivity index (χ0n) is 13.0. The topological polar surface area (TPSA) is 61.7 Å². The second-order valence-corrected chi connectivity index (χ2v) is 7.30. The van der Waals surface area contributed by atoms with Gasteiger partial charge in [-0.1, -0.05) is 0 Å². The first-order valence-corrected chi connectivity index (χ1v) is 8.88. The van der Waals surface area contributed by atoms with Gasteiger partial charge in [0.1, 0.15) is 5.75 Å². The summed E-state index contributed by atoms with van der Waals surface area (Å²) in [5.74, 6) is 0.641. The fraction of sp³-hybridized carbons (Fsp3) is 0.294. The molecule has 1 aliphatic rings. The molecule has 130 valence electrons. The number of benzene rings is 2. The monoisotopic (exact) mass is 477 g/mol. The molecular formula is C17H18Br2ClNO3. The van der Waals surface area contributed by atoms with Gasteiger partial charge in [-0.2, -0.15) is 0 Å². The van der Waals surface area contributed by atoms with Crippen LogP contribution in [0.5, 0.6) is 17.2 Å². The van der Waals surface area contributed by atoms with Crippen molar-refractivity contribution in [3.05, 3.63) is 49.9 Å². The summed E-state index contributed by atoms with van der Waals surface area (Å²) >= 11 is 7.05. The summed E-state index contributed by atoms with van der Waals surface area (Å²) in [5, 5.41) is 23.0. The van der Waals surface area contributed by atoms with Gasteiger partial charge < -0.3 is 20.3 Å². The quantitative estimate of drug-likeness (QED) is 0.568. The summed E-state index contributed by atoms with van der Waals surface area (Å²) in [6.45, 7) is 0.848. The van der Waals surface area contributed by atoms with Crippen LogP contribution in [0.25, 0.3) is 0 Å². The van der Waals surface area contributed by atoms with Gasteiger partial charge in [0.05, 0.1) is 16.1 Å². The second kappa shape index (κ2) is 7.95. The molecule has 0 aromatic heterocycles. The van der Waals surface area contributed by atoms with Crippen LogP contribution in [-0.2, 0) is 12.8 Å². The first-order chi connectivity index (χ1) is 11.0. The highest BCUT2D eigenvalue weighted by molar-refractivity contribution is 9.11. The van der Waals surface area contributed by atoms with Crippen molar-refractivity contribution in [2.45, 2.75) is 18.9 Å². The minimum Gasteiger partial charge on any atom is -0.504 e. The van der Waals surface area contributed by atoms with Gasteiger partial charge in [0.2, 0.25) is 0 Å². The zero-order chi connectivity index (χ0) is 16.6. The number of ether oxygens (including phenoxy) is 1. The Balaban J connectivity index is 0.00000208. The number of fused-ring (bicyclic) bond motifs is 1. The number of aromatic hydroxyl groups is 2. The molecule has 2 aromatic rings. The van der Waals surface area contributed by atoms with Crippen LogP contribution in [0.4, 0.5) is 0 Å². The number of hydrogen-bond acceptors (Lipinski definition) is 4. The Morgan fingerprint density at radius 1 is 1.12 bits per heavy atom. The minimum absolute atomic E-state index is 0. The van der Waals surface area contributed by atoms with E-state index in [1.165, 1.54) is 0 Å². The van der Waals surface area contributed by atoms with Crippen LogP contribution in [-0.4, -0.2) is 23.9 Å². The predicted octanol–water partition coefficient (Wildman–Crippen LogP) is 4.48. The molecule has 0 spiro atoms. The highest BCUT2D eigenvalue weighted by atomic mass is 79.9. The summed E-state index contributed by atoms with van der Waals surface area (Å²) in [4.78, 5) is 0. The average molecular weight is 480 g/mol. The van der Waals surface area contributed by atoms with E-state index in [0.29, 0.717) is 0 Å². The number of phenolic OH excluding ortho intramolecular Hbond substituents is 2.